The Bertz CT molecular complexity index is 1630. The van der Waals surface area contributed by atoms with E-state index in [1.165, 1.54) is 0 Å². The number of nitrogens with zero attached hydrogens (tertiary/aromatic N) is 4. The van der Waals surface area contributed by atoms with Crippen molar-refractivity contribution >= 4 is 39.7 Å². The van der Waals surface area contributed by atoms with Gasteiger partial charge in [0.05, 0.1) is 29.7 Å². The van der Waals surface area contributed by atoms with E-state index in [1.54, 1.807) is 12.4 Å². The number of aromatic nitrogens is 3. The van der Waals surface area contributed by atoms with Gasteiger partial charge in [0.25, 0.3) is 0 Å². The number of amides is 1. The fraction of sp³-hybridized carbons (Fsp3) is 0.161. The molecule has 6 rings (SSSR count). The molecule has 1 saturated heterocycles. The molecule has 4 heterocycles. The predicted molar refractivity (Wildman–Crippen MR) is 158 cm³/mol. The van der Waals surface area contributed by atoms with Crippen molar-refractivity contribution in [2.75, 3.05) is 11.9 Å². The first kappa shape index (κ1) is 24.8. The van der Waals surface area contributed by atoms with Gasteiger partial charge in [0.1, 0.15) is 0 Å². The van der Waals surface area contributed by atoms with E-state index in [-0.39, 0.29) is 24.4 Å². The minimum absolute atomic E-state index is 0.0620. The van der Waals surface area contributed by atoms with Crippen LogP contribution in [0.25, 0.3) is 16.5 Å². The van der Waals surface area contributed by atoms with E-state index in [4.69, 9.17) is 12.2 Å². The zero-order valence-corrected chi connectivity index (χ0v) is 22.3. The van der Waals surface area contributed by atoms with Crippen LogP contribution in [-0.4, -0.2) is 37.0 Å². The van der Waals surface area contributed by atoms with Crippen molar-refractivity contribution in [2.24, 2.45) is 0 Å². The van der Waals surface area contributed by atoms with Gasteiger partial charge >= 0.3 is 0 Å². The summed E-state index contributed by atoms with van der Waals surface area (Å²) >= 11 is 5.84. The van der Waals surface area contributed by atoms with Crippen molar-refractivity contribution < 1.29 is 4.79 Å². The van der Waals surface area contributed by atoms with E-state index < -0.39 is 0 Å². The van der Waals surface area contributed by atoms with Crippen molar-refractivity contribution in [3.8, 4) is 5.69 Å². The lowest BCUT2D eigenvalue weighted by molar-refractivity contribution is -0.116. The fourth-order valence-corrected chi connectivity index (χ4v) is 5.70. The standard InChI is InChI=1S/C31H28N6OS/c1-21-14-15-27(37(21)23-10-7-17-32-20-23)30-29(26-12-4-5-18-33-26)35-31(39)36(30)19-16-28(38)34-25-13-6-9-22-8-2-3-11-24(22)25/h2-15,17-18,20,29-30H,16,19H2,1H3,(H,34,38)(H,35,39). The van der Waals surface area contributed by atoms with Crippen LogP contribution in [0.1, 0.15) is 35.6 Å². The van der Waals surface area contributed by atoms with Gasteiger partial charge in [-0.2, -0.15) is 0 Å². The molecule has 0 saturated carbocycles. The molecule has 2 unspecified atom stereocenters. The molecular formula is C31H28N6OS. The molecule has 39 heavy (non-hydrogen) atoms. The largest absolute Gasteiger partial charge is 0.352 e. The molecule has 7 nitrogen and oxygen atoms in total. The number of benzene rings is 2. The number of hydrogen-bond acceptors (Lipinski definition) is 4. The first-order chi connectivity index (χ1) is 19.1. The zero-order valence-electron chi connectivity index (χ0n) is 21.5. The van der Waals surface area contributed by atoms with E-state index >= 15 is 0 Å². The molecule has 8 heteroatoms. The number of anilines is 1. The molecule has 2 atom stereocenters. The fourth-order valence-electron chi connectivity index (χ4n) is 5.37. The molecule has 0 spiro atoms. The topological polar surface area (TPSA) is 75.1 Å². The third-order valence-electron chi connectivity index (χ3n) is 7.15. The molecule has 0 radical (unpaired) electrons. The van der Waals surface area contributed by atoms with Crippen LogP contribution in [-0.2, 0) is 4.79 Å². The molecule has 2 aromatic carbocycles. The summed E-state index contributed by atoms with van der Waals surface area (Å²) in [7, 11) is 0. The summed E-state index contributed by atoms with van der Waals surface area (Å²) in [5.41, 5.74) is 4.82. The summed E-state index contributed by atoms with van der Waals surface area (Å²) in [6.45, 7) is 2.53. The number of aryl methyl sites for hydroxylation is 1. The van der Waals surface area contributed by atoms with Crippen LogP contribution < -0.4 is 10.6 Å². The number of rotatable bonds is 7. The van der Waals surface area contributed by atoms with E-state index in [2.05, 4.69) is 49.1 Å². The molecule has 2 N–H and O–H groups in total. The summed E-state index contributed by atoms with van der Waals surface area (Å²) < 4.78 is 2.20. The number of carbonyl (C=O) groups is 1. The van der Waals surface area contributed by atoms with Crippen molar-refractivity contribution in [3.05, 3.63) is 121 Å². The zero-order chi connectivity index (χ0) is 26.8. The van der Waals surface area contributed by atoms with Crippen LogP contribution in [0.3, 0.4) is 0 Å². The number of hydrogen-bond donors (Lipinski definition) is 2. The summed E-state index contributed by atoms with van der Waals surface area (Å²) in [6.07, 6.45) is 5.70. The minimum Gasteiger partial charge on any atom is -0.352 e. The highest BCUT2D eigenvalue weighted by atomic mass is 32.1. The molecule has 3 aromatic heterocycles. The highest BCUT2D eigenvalue weighted by Gasteiger charge is 2.41. The normalized spacial score (nSPS) is 16.8. The second-order valence-corrected chi connectivity index (χ2v) is 9.98. The van der Waals surface area contributed by atoms with Gasteiger partial charge in [-0.25, -0.2) is 0 Å². The predicted octanol–water partition coefficient (Wildman–Crippen LogP) is 5.73. The second-order valence-electron chi connectivity index (χ2n) is 9.59. The molecule has 1 amide bonds. The maximum Gasteiger partial charge on any atom is 0.226 e. The van der Waals surface area contributed by atoms with Crippen molar-refractivity contribution in [2.45, 2.75) is 25.4 Å². The number of fused-ring (bicyclic) bond motifs is 1. The smallest absolute Gasteiger partial charge is 0.226 e. The first-order valence-corrected chi connectivity index (χ1v) is 13.4. The maximum absolute atomic E-state index is 13.2. The highest BCUT2D eigenvalue weighted by molar-refractivity contribution is 7.80. The molecule has 1 aliphatic heterocycles. The lowest BCUT2D eigenvalue weighted by Crippen LogP contribution is -2.33. The van der Waals surface area contributed by atoms with Gasteiger partial charge in [0, 0.05) is 47.8 Å². The number of carbonyl (C=O) groups excluding carboxylic acids is 1. The van der Waals surface area contributed by atoms with E-state index in [0.717, 1.165) is 39.2 Å². The van der Waals surface area contributed by atoms with Crippen LogP contribution in [0.2, 0.25) is 0 Å². The highest BCUT2D eigenvalue weighted by Crippen LogP contribution is 2.40. The van der Waals surface area contributed by atoms with Crippen LogP contribution in [0, 0.1) is 6.92 Å². The van der Waals surface area contributed by atoms with E-state index in [0.29, 0.717) is 11.7 Å². The molecular weight excluding hydrogens is 504 g/mol. The quantitative estimate of drug-likeness (QED) is 0.261. The average molecular weight is 533 g/mol. The summed E-state index contributed by atoms with van der Waals surface area (Å²) in [5, 5.41) is 9.30. The molecule has 0 bridgehead atoms. The summed E-state index contributed by atoms with van der Waals surface area (Å²) in [4.78, 5) is 24.3. The molecule has 5 aromatic rings. The van der Waals surface area contributed by atoms with Gasteiger partial charge in [-0.05, 0) is 67.0 Å². The third kappa shape index (κ3) is 4.86. The van der Waals surface area contributed by atoms with Gasteiger partial charge in [0.15, 0.2) is 5.11 Å². The number of thiocarbonyl (C=S) groups is 1. The summed E-state index contributed by atoms with van der Waals surface area (Å²) in [5.74, 6) is -0.0620. The summed E-state index contributed by atoms with van der Waals surface area (Å²) in [6, 6.07) is 27.7. The van der Waals surface area contributed by atoms with Crippen LogP contribution in [0.5, 0.6) is 0 Å². The maximum atomic E-state index is 13.2. The Labute approximate surface area is 232 Å². The molecule has 1 aliphatic rings. The van der Waals surface area contributed by atoms with Crippen molar-refractivity contribution in [1.82, 2.24) is 24.8 Å². The lowest BCUT2D eigenvalue weighted by atomic mass is 10.0. The van der Waals surface area contributed by atoms with Crippen LogP contribution in [0.15, 0.2) is 104 Å². The molecule has 1 fully saturated rings. The Balaban J connectivity index is 1.30. The van der Waals surface area contributed by atoms with Gasteiger partial charge < -0.3 is 20.1 Å². The molecule has 194 valence electrons. The van der Waals surface area contributed by atoms with Crippen molar-refractivity contribution in [1.29, 1.82) is 0 Å². The SMILES string of the molecule is Cc1ccc(C2C(c3ccccn3)NC(=S)N2CCC(=O)Nc2cccc3ccccc23)n1-c1cccnc1. The number of nitrogens with one attached hydrogen (secondary N) is 2. The van der Waals surface area contributed by atoms with E-state index in [1.807, 2.05) is 79.0 Å². The van der Waals surface area contributed by atoms with Gasteiger partial charge in [-0.1, -0.05) is 42.5 Å². The van der Waals surface area contributed by atoms with E-state index in [9.17, 15) is 4.79 Å². The average Bonchev–Trinajstić information content (AvgIpc) is 3.51. The van der Waals surface area contributed by atoms with Gasteiger partial charge in [-0.15, -0.1) is 0 Å². The monoisotopic (exact) mass is 532 g/mol. The second kappa shape index (κ2) is 10.7. The first-order valence-electron chi connectivity index (χ1n) is 12.9. The van der Waals surface area contributed by atoms with Crippen LogP contribution in [0.4, 0.5) is 5.69 Å². The Morgan fingerprint density at radius 1 is 0.974 bits per heavy atom. The van der Waals surface area contributed by atoms with Crippen LogP contribution >= 0.6 is 12.2 Å². The van der Waals surface area contributed by atoms with Gasteiger partial charge in [0.2, 0.25) is 5.91 Å². The Kier molecular flexibility index (Phi) is 6.77. The number of pyridine rings is 2. The van der Waals surface area contributed by atoms with Crippen molar-refractivity contribution in [3.63, 3.8) is 0 Å². The Morgan fingerprint density at radius 2 is 1.82 bits per heavy atom. The lowest BCUT2D eigenvalue weighted by Gasteiger charge is -2.29. The minimum atomic E-state index is -0.176. The Morgan fingerprint density at radius 3 is 2.64 bits per heavy atom. The Hall–Kier alpha value is -4.56. The van der Waals surface area contributed by atoms with Gasteiger partial charge in [-0.3, -0.25) is 14.8 Å². The third-order valence-corrected chi connectivity index (χ3v) is 7.51. The molecule has 0 aliphatic carbocycles.